The number of hydrogen-bond donors (Lipinski definition) is 2. The summed E-state index contributed by atoms with van der Waals surface area (Å²) in [5.41, 5.74) is 1.46. The number of carbonyl (C=O) groups excluding carboxylic acids is 1. The highest BCUT2D eigenvalue weighted by Gasteiger charge is 2.31. The van der Waals surface area contributed by atoms with Crippen molar-refractivity contribution in [2.24, 2.45) is 0 Å². The van der Waals surface area contributed by atoms with Crippen LogP contribution in [0.5, 0.6) is 11.6 Å². The topological polar surface area (TPSA) is 109 Å². The molecule has 3 rings (SSSR count). The maximum atomic E-state index is 13.0. The molecule has 0 unspecified atom stereocenters. The van der Waals surface area contributed by atoms with Gasteiger partial charge in [0.05, 0.1) is 29.1 Å². The van der Waals surface area contributed by atoms with Crippen LogP contribution in [0.2, 0.25) is 5.02 Å². The Balaban J connectivity index is 1.95. The predicted octanol–water partition coefficient (Wildman–Crippen LogP) is 5.52. The Kier molecular flexibility index (Phi) is 7.12. The molecule has 176 valence electrons. The lowest BCUT2D eigenvalue weighted by Crippen LogP contribution is -2.17. The molecule has 0 aliphatic heterocycles. The van der Waals surface area contributed by atoms with E-state index in [-0.39, 0.29) is 22.1 Å². The second kappa shape index (κ2) is 9.84. The Morgan fingerprint density at radius 2 is 1.82 bits per heavy atom. The van der Waals surface area contributed by atoms with Crippen molar-refractivity contribution in [3.63, 3.8) is 0 Å². The molecule has 3 aromatic rings. The summed E-state index contributed by atoms with van der Waals surface area (Å²) in [7, 11) is 1.46. The summed E-state index contributed by atoms with van der Waals surface area (Å²) in [5, 5.41) is 14.8. The van der Waals surface area contributed by atoms with E-state index in [0.29, 0.717) is 28.5 Å². The Morgan fingerprint density at radius 3 is 2.41 bits per heavy atom. The number of anilines is 3. The van der Waals surface area contributed by atoms with Crippen LogP contribution in [0.1, 0.15) is 27.3 Å². The number of alkyl halides is 3. The first kappa shape index (κ1) is 24.6. The Morgan fingerprint density at radius 1 is 1.12 bits per heavy atom. The smallest absolute Gasteiger partial charge is 0.481 e. The average molecular weight is 492 g/mol. The van der Waals surface area contributed by atoms with Gasteiger partial charge in [0.25, 0.3) is 5.91 Å². The fourth-order valence-corrected chi connectivity index (χ4v) is 3.10. The molecule has 1 aromatic carbocycles. The minimum Gasteiger partial charge on any atom is -0.481 e. The molecular formula is C22H17ClF3N5O3. The molecule has 0 saturated carbocycles. The van der Waals surface area contributed by atoms with Gasteiger partial charge in [0.15, 0.2) is 5.69 Å². The second-order valence-electron chi connectivity index (χ2n) is 6.92. The fourth-order valence-electron chi connectivity index (χ4n) is 2.91. The van der Waals surface area contributed by atoms with Crippen LogP contribution in [-0.2, 0) is 0 Å². The van der Waals surface area contributed by atoms with E-state index in [1.165, 1.54) is 25.3 Å². The van der Waals surface area contributed by atoms with Crippen molar-refractivity contribution in [3.05, 3.63) is 63.9 Å². The minimum absolute atomic E-state index is 0.00534. The molecule has 34 heavy (non-hydrogen) atoms. The third-order valence-electron chi connectivity index (χ3n) is 4.53. The van der Waals surface area contributed by atoms with Gasteiger partial charge in [-0.25, -0.2) is 9.97 Å². The highest BCUT2D eigenvalue weighted by molar-refractivity contribution is 6.32. The first-order valence-corrected chi connectivity index (χ1v) is 9.95. The number of aryl methyl sites for hydroxylation is 2. The van der Waals surface area contributed by atoms with Crippen LogP contribution in [0.3, 0.4) is 0 Å². The van der Waals surface area contributed by atoms with E-state index in [1.54, 1.807) is 26.0 Å². The molecule has 2 N–H and O–H groups in total. The first-order valence-electron chi connectivity index (χ1n) is 9.57. The molecule has 0 saturated heterocycles. The lowest BCUT2D eigenvalue weighted by Gasteiger charge is -2.16. The lowest BCUT2D eigenvalue weighted by atomic mass is 10.1. The Bertz CT molecular complexity index is 1290. The molecule has 0 aliphatic rings. The van der Waals surface area contributed by atoms with E-state index in [9.17, 15) is 23.2 Å². The van der Waals surface area contributed by atoms with Gasteiger partial charge >= 0.3 is 6.36 Å². The van der Waals surface area contributed by atoms with Gasteiger partial charge in [0.1, 0.15) is 17.6 Å². The highest BCUT2D eigenvalue weighted by atomic mass is 35.5. The molecule has 0 spiro atoms. The first-order chi connectivity index (χ1) is 16.0. The molecule has 2 aromatic heterocycles. The number of benzene rings is 1. The molecule has 0 bridgehead atoms. The van der Waals surface area contributed by atoms with E-state index in [4.69, 9.17) is 16.3 Å². The number of carbonyl (C=O) groups is 1. The summed E-state index contributed by atoms with van der Waals surface area (Å²) >= 11 is 6.09. The Hall–Kier alpha value is -4.04. The van der Waals surface area contributed by atoms with Gasteiger partial charge in [-0.2, -0.15) is 5.26 Å². The minimum atomic E-state index is -4.83. The lowest BCUT2D eigenvalue weighted by molar-refractivity contribution is -0.274. The van der Waals surface area contributed by atoms with Crippen molar-refractivity contribution in [2.75, 3.05) is 17.7 Å². The molecule has 1 amide bonds. The number of halogens is 4. The molecule has 12 heteroatoms. The summed E-state index contributed by atoms with van der Waals surface area (Å²) < 4.78 is 46.4. The van der Waals surface area contributed by atoms with Crippen LogP contribution in [-0.4, -0.2) is 29.3 Å². The number of nitrogens with zero attached hydrogens (tertiary/aromatic N) is 3. The van der Waals surface area contributed by atoms with Crippen LogP contribution in [0, 0.1) is 25.2 Å². The fraction of sp³-hybridized carbons (Fsp3) is 0.182. The maximum absolute atomic E-state index is 13.0. The van der Waals surface area contributed by atoms with Crippen molar-refractivity contribution in [2.45, 2.75) is 20.2 Å². The molecule has 0 fully saturated rings. The number of nitrogens with one attached hydrogen (secondary N) is 2. The van der Waals surface area contributed by atoms with Gasteiger partial charge in [0, 0.05) is 11.8 Å². The van der Waals surface area contributed by atoms with Crippen molar-refractivity contribution in [1.29, 1.82) is 5.26 Å². The molecule has 2 heterocycles. The summed E-state index contributed by atoms with van der Waals surface area (Å²) in [4.78, 5) is 21.3. The highest BCUT2D eigenvalue weighted by Crippen LogP contribution is 2.31. The number of rotatable bonds is 6. The number of amides is 1. The average Bonchev–Trinajstić information content (AvgIpc) is 2.76. The zero-order chi connectivity index (χ0) is 25.0. The van der Waals surface area contributed by atoms with Crippen LogP contribution >= 0.6 is 11.6 Å². The van der Waals surface area contributed by atoms with Crippen LogP contribution < -0.4 is 20.1 Å². The number of aromatic nitrogens is 2. The van der Waals surface area contributed by atoms with Gasteiger partial charge in [0.2, 0.25) is 5.88 Å². The number of nitriles is 1. The maximum Gasteiger partial charge on any atom is 0.573 e. The number of methoxy groups -OCH3 is 1. The number of pyridine rings is 2. The largest absolute Gasteiger partial charge is 0.573 e. The Labute approximate surface area is 197 Å². The van der Waals surface area contributed by atoms with E-state index >= 15 is 0 Å². The normalized spacial score (nSPS) is 10.9. The third kappa shape index (κ3) is 5.85. The van der Waals surface area contributed by atoms with Crippen LogP contribution in [0.4, 0.5) is 30.4 Å². The second-order valence-corrected chi connectivity index (χ2v) is 7.32. The number of hydrogen-bond acceptors (Lipinski definition) is 7. The zero-order valence-electron chi connectivity index (χ0n) is 18.0. The summed E-state index contributed by atoms with van der Waals surface area (Å²) in [5.74, 6) is -0.663. The molecule has 0 radical (unpaired) electrons. The van der Waals surface area contributed by atoms with E-state index in [2.05, 4.69) is 25.3 Å². The van der Waals surface area contributed by atoms with Crippen molar-refractivity contribution in [3.8, 4) is 17.7 Å². The van der Waals surface area contributed by atoms with Gasteiger partial charge < -0.3 is 20.1 Å². The molecular weight excluding hydrogens is 475 g/mol. The number of ether oxygens (including phenoxy) is 2. The summed E-state index contributed by atoms with van der Waals surface area (Å²) in [6.45, 7) is 3.22. The van der Waals surface area contributed by atoms with Crippen molar-refractivity contribution < 1.29 is 27.4 Å². The molecule has 8 nitrogen and oxygen atoms in total. The monoisotopic (exact) mass is 491 g/mol. The summed E-state index contributed by atoms with van der Waals surface area (Å²) in [6.07, 6.45) is -4.83. The zero-order valence-corrected chi connectivity index (χ0v) is 18.8. The van der Waals surface area contributed by atoms with Gasteiger partial charge in [-0.05, 0) is 49.7 Å². The van der Waals surface area contributed by atoms with Gasteiger partial charge in [-0.1, -0.05) is 11.6 Å². The standard InChI is InChI=1S/C22H17ClF3N5O3/c1-11-8-13(34-22(24,25)26)4-5-16(11)29-20-14(9-15(23)18(10-27)30-20)21(32)31-17-6-7-19(33-3)28-12(17)2/h4-9H,1-3H3,(H,29,30)(H,31,32). The summed E-state index contributed by atoms with van der Waals surface area (Å²) in [6, 6.07) is 9.88. The predicted molar refractivity (Wildman–Crippen MR) is 119 cm³/mol. The quantitative estimate of drug-likeness (QED) is 0.467. The van der Waals surface area contributed by atoms with Crippen LogP contribution in [0.25, 0.3) is 0 Å². The SMILES string of the molecule is COc1ccc(NC(=O)c2cc(Cl)c(C#N)nc2Nc2ccc(OC(F)(F)F)cc2C)c(C)n1. The van der Waals surface area contributed by atoms with Gasteiger partial charge in [-0.15, -0.1) is 13.2 Å². The van der Waals surface area contributed by atoms with E-state index in [0.717, 1.165) is 6.07 Å². The third-order valence-corrected chi connectivity index (χ3v) is 4.82. The molecule has 0 atom stereocenters. The van der Waals surface area contributed by atoms with E-state index in [1.807, 2.05) is 6.07 Å². The van der Waals surface area contributed by atoms with Crippen LogP contribution in [0.15, 0.2) is 36.4 Å². The molecule has 0 aliphatic carbocycles. The van der Waals surface area contributed by atoms with E-state index < -0.39 is 18.0 Å². The van der Waals surface area contributed by atoms with Crippen molar-refractivity contribution in [1.82, 2.24) is 9.97 Å². The van der Waals surface area contributed by atoms with Crippen molar-refractivity contribution >= 4 is 34.7 Å². The van der Waals surface area contributed by atoms with Gasteiger partial charge in [-0.3, -0.25) is 4.79 Å².